The molecule has 8 nitrogen and oxygen atoms in total. The third-order valence-corrected chi connectivity index (χ3v) is 6.49. The highest BCUT2D eigenvalue weighted by atomic mass is 35.5. The third kappa shape index (κ3) is 4.19. The minimum atomic E-state index is -0.859. The van der Waals surface area contributed by atoms with E-state index in [0.717, 1.165) is 12.8 Å². The number of aromatic nitrogens is 2. The highest BCUT2D eigenvalue weighted by Crippen LogP contribution is 2.41. The van der Waals surface area contributed by atoms with E-state index in [0.29, 0.717) is 59.4 Å². The fraction of sp³-hybridized carbons (Fsp3) is 0.545. The third-order valence-electron chi connectivity index (χ3n) is 6.25. The summed E-state index contributed by atoms with van der Waals surface area (Å²) in [7, 11) is 0. The summed E-state index contributed by atoms with van der Waals surface area (Å²) >= 11 is 5.94. The number of amides is 1. The largest absolute Gasteiger partial charge is 0.479 e. The quantitative estimate of drug-likeness (QED) is 0.766. The summed E-state index contributed by atoms with van der Waals surface area (Å²) < 4.78 is 17.5. The number of halogens is 1. The van der Waals surface area contributed by atoms with E-state index in [9.17, 15) is 9.59 Å². The fourth-order valence-corrected chi connectivity index (χ4v) is 4.61. The Morgan fingerprint density at radius 2 is 2.00 bits per heavy atom. The highest BCUT2D eigenvalue weighted by Gasteiger charge is 2.36. The van der Waals surface area contributed by atoms with Crippen LogP contribution in [0.1, 0.15) is 73.2 Å². The molecule has 0 radical (unpaired) electrons. The summed E-state index contributed by atoms with van der Waals surface area (Å²) in [4.78, 5) is 25.0. The molecule has 1 aliphatic carbocycles. The summed E-state index contributed by atoms with van der Waals surface area (Å²) in [6.45, 7) is 2.55. The minimum Gasteiger partial charge on any atom is -0.479 e. The summed E-state index contributed by atoms with van der Waals surface area (Å²) in [5.41, 5.74) is 0.413. The topological polar surface area (TPSA) is 104 Å². The van der Waals surface area contributed by atoms with Crippen LogP contribution in [0.2, 0.25) is 5.02 Å². The van der Waals surface area contributed by atoms with Gasteiger partial charge in [-0.05, 0) is 49.8 Å². The van der Waals surface area contributed by atoms with Crippen LogP contribution in [0.15, 0.2) is 22.6 Å². The molecule has 1 saturated carbocycles. The SMILES string of the molecule is CC1CC(c2nnc([C@@H]3CC[C@@H](NC(=O)C4CC(=O)c5cc(Cl)ccc5O4)CO3)o2)C1. The number of benzene rings is 1. The molecule has 1 saturated heterocycles. The van der Waals surface area contributed by atoms with Gasteiger partial charge < -0.3 is 19.2 Å². The number of carbonyl (C=O) groups is 2. The number of hydrogen-bond donors (Lipinski definition) is 1. The van der Waals surface area contributed by atoms with Gasteiger partial charge in [0, 0.05) is 10.9 Å². The molecule has 1 amide bonds. The van der Waals surface area contributed by atoms with Crippen molar-refractivity contribution in [2.75, 3.05) is 6.61 Å². The van der Waals surface area contributed by atoms with E-state index >= 15 is 0 Å². The van der Waals surface area contributed by atoms with E-state index in [1.807, 2.05) is 0 Å². The van der Waals surface area contributed by atoms with Crippen molar-refractivity contribution >= 4 is 23.3 Å². The molecule has 5 rings (SSSR count). The van der Waals surface area contributed by atoms with E-state index < -0.39 is 6.10 Å². The number of fused-ring (bicyclic) bond motifs is 1. The molecule has 0 bridgehead atoms. The molecule has 31 heavy (non-hydrogen) atoms. The van der Waals surface area contributed by atoms with Gasteiger partial charge in [0.05, 0.1) is 24.6 Å². The standard InChI is InChI=1S/C22H24ClN3O5/c1-11-6-12(7-11)21-25-26-22(31-21)18-5-3-14(10-29-18)24-20(28)19-9-16(27)15-8-13(23)2-4-17(15)30-19/h2,4,8,11-12,14,18-19H,3,5-7,9-10H2,1H3,(H,24,28)/t11?,12?,14-,18+,19?/m1/s1. The normalized spacial score (nSPS) is 30.1. The first-order chi connectivity index (χ1) is 15.0. The van der Waals surface area contributed by atoms with Crippen LogP contribution in [-0.2, 0) is 9.53 Å². The number of hydrogen-bond acceptors (Lipinski definition) is 7. The molecule has 1 aromatic carbocycles. The number of rotatable bonds is 4. The molecule has 2 aliphatic heterocycles. The van der Waals surface area contributed by atoms with Gasteiger partial charge in [0.2, 0.25) is 11.8 Å². The predicted octanol–water partition coefficient (Wildman–Crippen LogP) is 3.61. The van der Waals surface area contributed by atoms with E-state index in [-0.39, 0.29) is 30.3 Å². The zero-order valence-electron chi connectivity index (χ0n) is 17.2. The Morgan fingerprint density at radius 1 is 1.19 bits per heavy atom. The van der Waals surface area contributed by atoms with Crippen molar-refractivity contribution in [3.05, 3.63) is 40.6 Å². The monoisotopic (exact) mass is 445 g/mol. The number of carbonyl (C=O) groups excluding carboxylic acids is 2. The summed E-state index contributed by atoms with van der Waals surface area (Å²) in [6.07, 6.45) is 2.42. The molecule has 2 aromatic rings. The highest BCUT2D eigenvalue weighted by molar-refractivity contribution is 6.31. The molecular weight excluding hydrogens is 422 g/mol. The predicted molar refractivity (Wildman–Crippen MR) is 110 cm³/mol. The van der Waals surface area contributed by atoms with Crippen molar-refractivity contribution in [2.24, 2.45) is 5.92 Å². The van der Waals surface area contributed by atoms with Gasteiger partial charge in [-0.1, -0.05) is 18.5 Å². The number of Topliss-reactive ketones (excluding diaryl/α,β-unsaturated/α-hetero) is 1. The van der Waals surface area contributed by atoms with Crippen molar-refractivity contribution in [1.82, 2.24) is 15.5 Å². The van der Waals surface area contributed by atoms with Gasteiger partial charge in [0.15, 0.2) is 11.9 Å². The Bertz CT molecular complexity index is 995. The first kappa shape index (κ1) is 20.5. The molecule has 3 aliphatic rings. The lowest BCUT2D eigenvalue weighted by Gasteiger charge is -2.31. The smallest absolute Gasteiger partial charge is 0.261 e. The van der Waals surface area contributed by atoms with Crippen LogP contribution >= 0.6 is 11.6 Å². The molecular formula is C22H24ClN3O5. The van der Waals surface area contributed by atoms with Gasteiger partial charge in [-0.15, -0.1) is 10.2 Å². The fourth-order valence-electron chi connectivity index (χ4n) is 4.44. The van der Waals surface area contributed by atoms with Crippen molar-refractivity contribution < 1.29 is 23.5 Å². The second kappa shape index (κ2) is 8.24. The summed E-state index contributed by atoms with van der Waals surface area (Å²) in [5.74, 6) is 2.20. The Morgan fingerprint density at radius 3 is 2.74 bits per heavy atom. The van der Waals surface area contributed by atoms with E-state index in [1.165, 1.54) is 0 Å². The van der Waals surface area contributed by atoms with Crippen LogP contribution < -0.4 is 10.1 Å². The van der Waals surface area contributed by atoms with Gasteiger partial charge in [0.25, 0.3) is 5.91 Å². The van der Waals surface area contributed by atoms with Crippen LogP contribution in [0, 0.1) is 5.92 Å². The lowest BCUT2D eigenvalue weighted by atomic mass is 9.76. The molecule has 3 heterocycles. The lowest BCUT2D eigenvalue weighted by molar-refractivity contribution is -0.130. The second-order valence-corrected chi connectivity index (χ2v) is 9.17. The van der Waals surface area contributed by atoms with E-state index in [4.69, 9.17) is 25.5 Å². The molecule has 2 fully saturated rings. The molecule has 3 atom stereocenters. The van der Waals surface area contributed by atoms with Crippen LogP contribution in [-0.4, -0.2) is 40.6 Å². The van der Waals surface area contributed by atoms with Crippen LogP contribution in [0.4, 0.5) is 0 Å². The second-order valence-electron chi connectivity index (χ2n) is 8.73. The number of ether oxygens (including phenoxy) is 2. The average molecular weight is 446 g/mol. The van der Waals surface area contributed by atoms with Crippen molar-refractivity contribution in [1.29, 1.82) is 0 Å². The zero-order valence-corrected chi connectivity index (χ0v) is 17.9. The number of ketones is 1. The van der Waals surface area contributed by atoms with Gasteiger partial charge in [-0.3, -0.25) is 9.59 Å². The molecule has 1 unspecified atom stereocenters. The molecule has 164 valence electrons. The number of nitrogens with one attached hydrogen (secondary N) is 1. The Kier molecular flexibility index (Phi) is 5.44. The van der Waals surface area contributed by atoms with Gasteiger partial charge in [0.1, 0.15) is 11.9 Å². The summed E-state index contributed by atoms with van der Waals surface area (Å²) in [6, 6.07) is 4.66. The average Bonchev–Trinajstić information content (AvgIpc) is 3.22. The molecule has 1 aromatic heterocycles. The van der Waals surface area contributed by atoms with Crippen LogP contribution in [0.25, 0.3) is 0 Å². The van der Waals surface area contributed by atoms with Crippen molar-refractivity contribution in [3.63, 3.8) is 0 Å². The summed E-state index contributed by atoms with van der Waals surface area (Å²) in [5, 5.41) is 11.7. The van der Waals surface area contributed by atoms with E-state index in [2.05, 4.69) is 22.4 Å². The van der Waals surface area contributed by atoms with E-state index in [1.54, 1.807) is 18.2 Å². The maximum Gasteiger partial charge on any atom is 0.261 e. The molecule has 0 spiro atoms. The van der Waals surface area contributed by atoms with Gasteiger partial charge in [-0.2, -0.15) is 0 Å². The Labute approximate surface area is 184 Å². The van der Waals surface area contributed by atoms with Gasteiger partial charge >= 0.3 is 0 Å². The van der Waals surface area contributed by atoms with Crippen molar-refractivity contribution in [2.45, 2.75) is 63.2 Å². The Hall–Kier alpha value is -2.45. The minimum absolute atomic E-state index is 0.0140. The first-order valence-corrected chi connectivity index (χ1v) is 11.1. The zero-order chi connectivity index (χ0) is 21.5. The van der Waals surface area contributed by atoms with Crippen LogP contribution in [0.5, 0.6) is 5.75 Å². The number of nitrogens with zero attached hydrogens (tertiary/aromatic N) is 2. The van der Waals surface area contributed by atoms with Crippen molar-refractivity contribution in [3.8, 4) is 5.75 Å². The maximum absolute atomic E-state index is 12.7. The lowest BCUT2D eigenvalue weighted by Crippen LogP contribution is -2.48. The Balaban J connectivity index is 1.14. The molecule has 1 N–H and O–H groups in total. The van der Waals surface area contributed by atoms with Gasteiger partial charge in [-0.25, -0.2) is 0 Å². The first-order valence-electron chi connectivity index (χ1n) is 10.7. The maximum atomic E-state index is 12.7. The van der Waals surface area contributed by atoms with Crippen LogP contribution in [0.3, 0.4) is 0 Å². The molecule has 9 heteroatoms.